The second kappa shape index (κ2) is 9.56. The summed E-state index contributed by atoms with van der Waals surface area (Å²) < 4.78 is 27.3. The molecule has 0 radical (unpaired) electrons. The maximum atomic E-state index is 15.0. The van der Waals surface area contributed by atoms with E-state index in [1.54, 1.807) is 6.07 Å². The number of rotatable bonds is 5. The Hall–Kier alpha value is -3.49. The Morgan fingerprint density at radius 1 is 1.25 bits per heavy atom. The number of amides is 1. The Labute approximate surface area is 237 Å². The van der Waals surface area contributed by atoms with E-state index in [-0.39, 0.29) is 20.8 Å². The van der Waals surface area contributed by atoms with Gasteiger partial charge in [0, 0.05) is 22.4 Å². The lowest BCUT2D eigenvalue weighted by Gasteiger charge is -2.31. The van der Waals surface area contributed by atoms with Gasteiger partial charge in [0.2, 0.25) is 5.88 Å². The summed E-state index contributed by atoms with van der Waals surface area (Å²) in [4.78, 5) is 18.7. The van der Waals surface area contributed by atoms with Crippen LogP contribution in [0.4, 0.5) is 14.2 Å². The zero-order chi connectivity index (χ0) is 27.6. The van der Waals surface area contributed by atoms with Crippen LogP contribution in [0.2, 0.25) is 5.02 Å². The van der Waals surface area contributed by atoms with E-state index in [0.717, 1.165) is 53.8 Å². The van der Waals surface area contributed by atoms with Crippen LogP contribution < -0.4 is 10.1 Å². The third-order valence-corrected chi connectivity index (χ3v) is 9.95. The topological polar surface area (TPSA) is 108 Å². The fraction of sp³-hybridized carbons (Fsp3) is 0.345. The van der Waals surface area contributed by atoms with Gasteiger partial charge >= 0.3 is 6.09 Å². The predicted molar refractivity (Wildman–Crippen MR) is 151 cm³/mol. The lowest BCUT2D eigenvalue weighted by atomic mass is 9.91. The number of nitriles is 1. The molecule has 2 saturated heterocycles. The normalized spacial score (nSPS) is 17.7. The molecular formula is C29H24ClFN4O4S. The first-order valence-corrected chi connectivity index (χ1v) is 14.3. The van der Waals surface area contributed by atoms with E-state index in [9.17, 15) is 19.6 Å². The lowest BCUT2D eigenvalue weighted by molar-refractivity contribution is 0.111. The highest BCUT2D eigenvalue weighted by atomic mass is 35.5. The molecule has 0 bridgehead atoms. The van der Waals surface area contributed by atoms with Crippen molar-refractivity contribution in [3.05, 3.63) is 51.8 Å². The molecule has 7 rings (SSSR count). The summed E-state index contributed by atoms with van der Waals surface area (Å²) in [5, 5.41) is 23.1. The van der Waals surface area contributed by atoms with Gasteiger partial charge in [-0.15, -0.1) is 11.3 Å². The van der Waals surface area contributed by atoms with E-state index in [1.165, 1.54) is 18.9 Å². The molecule has 8 nitrogen and oxygen atoms in total. The molecule has 0 aliphatic carbocycles. The van der Waals surface area contributed by atoms with Gasteiger partial charge in [-0.2, -0.15) is 5.26 Å². The third-order valence-electron chi connectivity index (χ3n) is 8.47. The number of fused-ring (bicyclic) bond motifs is 5. The van der Waals surface area contributed by atoms with Gasteiger partial charge in [-0.1, -0.05) is 17.7 Å². The summed E-state index contributed by atoms with van der Waals surface area (Å²) in [5.74, 6) is -0.0673. The summed E-state index contributed by atoms with van der Waals surface area (Å²) in [7, 11) is 0. The summed E-state index contributed by atoms with van der Waals surface area (Å²) in [6.45, 7) is 3.45. The van der Waals surface area contributed by atoms with Crippen molar-refractivity contribution in [1.82, 2.24) is 9.88 Å². The van der Waals surface area contributed by atoms with Crippen molar-refractivity contribution in [2.24, 2.45) is 0 Å². The van der Waals surface area contributed by atoms with Crippen LogP contribution in [0.1, 0.15) is 42.4 Å². The van der Waals surface area contributed by atoms with Gasteiger partial charge < -0.3 is 14.6 Å². The molecular weight excluding hydrogens is 555 g/mol. The highest BCUT2D eigenvalue weighted by molar-refractivity contribution is 7.23. The highest BCUT2D eigenvalue weighted by Gasteiger charge is 2.45. The van der Waals surface area contributed by atoms with Gasteiger partial charge in [0.15, 0.2) is 0 Å². The van der Waals surface area contributed by atoms with Crippen LogP contribution >= 0.6 is 22.9 Å². The number of ether oxygens (including phenoxy) is 2. The molecule has 4 aromatic rings. The molecule has 0 atom stereocenters. The molecule has 2 fully saturated rings. The van der Waals surface area contributed by atoms with Crippen LogP contribution in [0.15, 0.2) is 24.3 Å². The quantitative estimate of drug-likeness (QED) is 0.265. The number of nitrogens with one attached hydrogen (secondary N) is 1. The van der Waals surface area contributed by atoms with Crippen LogP contribution in [0, 0.1) is 17.1 Å². The van der Waals surface area contributed by atoms with E-state index >= 15 is 0 Å². The van der Waals surface area contributed by atoms with Crippen molar-refractivity contribution in [3.63, 3.8) is 0 Å². The van der Waals surface area contributed by atoms with Crippen molar-refractivity contribution >= 4 is 55.0 Å². The van der Waals surface area contributed by atoms with Crippen molar-refractivity contribution in [1.29, 1.82) is 5.26 Å². The maximum Gasteiger partial charge on any atom is 0.409 e. The maximum absolute atomic E-state index is 15.0. The molecule has 11 heteroatoms. The van der Waals surface area contributed by atoms with Gasteiger partial charge in [-0.25, -0.2) is 14.2 Å². The smallest absolute Gasteiger partial charge is 0.409 e. The fourth-order valence-electron chi connectivity index (χ4n) is 6.70. The number of thiophene rings is 1. The molecule has 0 unspecified atom stereocenters. The molecule has 0 spiro atoms. The predicted octanol–water partition coefficient (Wildman–Crippen LogP) is 6.91. The molecule has 40 heavy (non-hydrogen) atoms. The SMILES string of the molecule is N#Cc1c(NC(=O)O)sc2c(F)ccc(-c3c4c(c5ccc(OCC67CCCN6CCC7)nc5c3Cl)COC4)c12. The Bertz CT molecular complexity index is 1760. The molecule has 1 amide bonds. The van der Waals surface area contributed by atoms with E-state index in [1.807, 2.05) is 12.1 Å². The monoisotopic (exact) mass is 578 g/mol. The second-order valence-electron chi connectivity index (χ2n) is 10.5. The first kappa shape index (κ1) is 25.5. The first-order chi connectivity index (χ1) is 19.4. The van der Waals surface area contributed by atoms with Crippen LogP contribution in [-0.4, -0.2) is 46.3 Å². The number of hydrogen-bond donors (Lipinski definition) is 2. The van der Waals surface area contributed by atoms with Crippen LogP contribution in [0.3, 0.4) is 0 Å². The number of aromatic nitrogens is 1. The van der Waals surface area contributed by atoms with Gasteiger partial charge in [0.05, 0.1) is 39.6 Å². The highest BCUT2D eigenvalue weighted by Crippen LogP contribution is 2.49. The molecule has 2 aromatic heterocycles. The minimum absolute atomic E-state index is 0.0442. The number of carbonyl (C=O) groups is 1. The number of anilines is 1. The summed E-state index contributed by atoms with van der Waals surface area (Å²) in [5.41, 5.74) is 3.56. The van der Waals surface area contributed by atoms with E-state index in [0.29, 0.717) is 52.8 Å². The Balaban J connectivity index is 1.38. The average Bonchev–Trinajstić information content (AvgIpc) is 3.71. The van der Waals surface area contributed by atoms with Crippen molar-refractivity contribution in [2.75, 3.05) is 25.0 Å². The van der Waals surface area contributed by atoms with Gasteiger partial charge in [0.25, 0.3) is 0 Å². The van der Waals surface area contributed by atoms with Crippen LogP contribution in [-0.2, 0) is 18.0 Å². The van der Waals surface area contributed by atoms with E-state index < -0.39 is 11.9 Å². The van der Waals surface area contributed by atoms with Crippen LogP contribution in [0.25, 0.3) is 32.1 Å². The number of hydrogen-bond acceptors (Lipinski definition) is 7. The number of carboxylic acid groups (broad SMARTS) is 1. The molecule has 3 aliphatic rings. The lowest BCUT2D eigenvalue weighted by Crippen LogP contribution is -2.43. The Morgan fingerprint density at radius 3 is 2.77 bits per heavy atom. The van der Waals surface area contributed by atoms with Gasteiger partial charge in [-0.05, 0) is 67.6 Å². The summed E-state index contributed by atoms with van der Waals surface area (Å²) in [6.07, 6.45) is 3.27. The molecule has 2 aromatic carbocycles. The van der Waals surface area contributed by atoms with Crippen molar-refractivity contribution in [3.8, 4) is 23.1 Å². The van der Waals surface area contributed by atoms with Crippen molar-refractivity contribution in [2.45, 2.75) is 44.4 Å². The zero-order valence-corrected chi connectivity index (χ0v) is 22.9. The molecule has 3 aliphatic heterocycles. The summed E-state index contributed by atoms with van der Waals surface area (Å²) in [6, 6.07) is 8.78. The summed E-state index contributed by atoms with van der Waals surface area (Å²) >= 11 is 7.99. The molecule has 0 saturated carbocycles. The first-order valence-electron chi connectivity index (χ1n) is 13.2. The van der Waals surface area contributed by atoms with E-state index in [4.69, 9.17) is 26.1 Å². The zero-order valence-electron chi connectivity index (χ0n) is 21.4. The Kier molecular flexibility index (Phi) is 6.09. The van der Waals surface area contributed by atoms with Gasteiger partial charge in [-0.3, -0.25) is 10.2 Å². The number of pyridine rings is 1. The third kappa shape index (κ3) is 3.84. The minimum Gasteiger partial charge on any atom is -0.476 e. The molecule has 204 valence electrons. The largest absolute Gasteiger partial charge is 0.476 e. The van der Waals surface area contributed by atoms with Gasteiger partial charge in [0.1, 0.15) is 23.5 Å². The van der Waals surface area contributed by atoms with Crippen LogP contribution in [0.5, 0.6) is 5.88 Å². The number of halogens is 2. The minimum atomic E-state index is -1.34. The molecule has 2 N–H and O–H groups in total. The Morgan fingerprint density at radius 2 is 2.02 bits per heavy atom. The molecule has 5 heterocycles. The second-order valence-corrected chi connectivity index (χ2v) is 11.9. The standard InChI is InChI=1S/C29H24ClFN4O4S/c30-24-22(16-3-5-20(31)26-23(16)17(11-32)27(40-26)34-28(36)37)19-13-38-12-18(19)15-4-6-21(33-25(15)24)39-14-29-7-1-9-35(29)10-2-8-29/h3-6,34H,1-2,7-10,12-14H2,(H,36,37). The number of benzene rings is 2. The van der Waals surface area contributed by atoms with E-state index in [2.05, 4.69) is 16.3 Å². The van der Waals surface area contributed by atoms with Crippen molar-refractivity contribution < 1.29 is 23.8 Å². The average molecular weight is 579 g/mol. The fourth-order valence-corrected chi connectivity index (χ4v) is 8.13. The number of nitrogens with zero attached hydrogens (tertiary/aromatic N) is 3.